The molecule has 1 aliphatic carbocycles. The summed E-state index contributed by atoms with van der Waals surface area (Å²) < 4.78 is 11.2. The number of phenolic OH excluding ortho intramolecular Hbond substituents is 1. The van der Waals surface area contributed by atoms with Gasteiger partial charge >= 0.3 is 0 Å². The summed E-state index contributed by atoms with van der Waals surface area (Å²) in [5, 5.41) is 13.9. The maximum Gasteiger partial charge on any atom is 0.138 e. The van der Waals surface area contributed by atoms with Gasteiger partial charge in [-0.3, -0.25) is 4.98 Å². The van der Waals surface area contributed by atoms with Crippen LogP contribution in [-0.2, 0) is 19.3 Å². The maximum absolute atomic E-state index is 10.4. The van der Waals surface area contributed by atoms with Gasteiger partial charge in [0.25, 0.3) is 0 Å². The zero-order valence-electron chi connectivity index (χ0n) is 19.4. The number of nitrogens with zero attached hydrogens (tertiary/aromatic N) is 1. The van der Waals surface area contributed by atoms with Crippen LogP contribution in [0.5, 0.6) is 17.2 Å². The number of pyridine rings is 1. The molecule has 1 atom stereocenters. The van der Waals surface area contributed by atoms with Crippen LogP contribution >= 0.6 is 0 Å². The van der Waals surface area contributed by atoms with E-state index in [0.717, 1.165) is 54.8 Å². The molecule has 2 N–H and O–H groups in total. The van der Waals surface area contributed by atoms with E-state index < -0.39 is 0 Å². The number of methoxy groups -OCH3 is 2. The van der Waals surface area contributed by atoms with Crippen LogP contribution in [0.1, 0.15) is 55.1 Å². The van der Waals surface area contributed by atoms with Crippen molar-refractivity contribution in [3.8, 4) is 28.5 Å². The van der Waals surface area contributed by atoms with Gasteiger partial charge in [-0.1, -0.05) is 32.0 Å². The molecule has 0 radical (unpaired) electrons. The summed E-state index contributed by atoms with van der Waals surface area (Å²) in [6.07, 6.45) is 4.79. The molecule has 1 unspecified atom stereocenters. The maximum atomic E-state index is 10.4. The predicted octanol–water partition coefficient (Wildman–Crippen LogP) is 6.09. The van der Waals surface area contributed by atoms with Crippen LogP contribution in [0, 0.1) is 0 Å². The molecule has 0 amide bonds. The Kier molecular flexibility index (Phi) is 6.54. The fourth-order valence-corrected chi connectivity index (χ4v) is 4.72. The molecule has 4 rings (SSSR count). The molecule has 0 saturated heterocycles. The van der Waals surface area contributed by atoms with Gasteiger partial charge in [-0.2, -0.15) is 0 Å². The Labute approximate surface area is 190 Å². The van der Waals surface area contributed by atoms with Gasteiger partial charge in [0, 0.05) is 23.3 Å². The lowest BCUT2D eigenvalue weighted by molar-refractivity contribution is 0.399. The van der Waals surface area contributed by atoms with E-state index in [2.05, 4.69) is 43.4 Å². The Hall–Kier alpha value is -3.21. The van der Waals surface area contributed by atoms with Crippen molar-refractivity contribution in [3.05, 3.63) is 64.8 Å². The van der Waals surface area contributed by atoms with Gasteiger partial charge in [-0.05, 0) is 55.4 Å². The van der Waals surface area contributed by atoms with Gasteiger partial charge in [0.2, 0.25) is 0 Å². The number of aromatic nitrogens is 1. The molecule has 32 heavy (non-hydrogen) atoms. The van der Waals surface area contributed by atoms with E-state index >= 15 is 0 Å². The monoisotopic (exact) mass is 432 g/mol. The third-order valence-corrected chi connectivity index (χ3v) is 6.36. The van der Waals surface area contributed by atoms with Crippen LogP contribution in [0.2, 0.25) is 0 Å². The fourth-order valence-electron chi connectivity index (χ4n) is 4.72. The highest BCUT2D eigenvalue weighted by Gasteiger charge is 2.28. The summed E-state index contributed by atoms with van der Waals surface area (Å²) in [4.78, 5) is 5.15. The van der Waals surface area contributed by atoms with Gasteiger partial charge in [0.05, 0.1) is 37.3 Å². The number of ether oxygens (including phenoxy) is 2. The van der Waals surface area contributed by atoms with E-state index in [0.29, 0.717) is 11.4 Å². The summed E-state index contributed by atoms with van der Waals surface area (Å²) in [5.74, 6) is 1.74. The number of benzene rings is 2. The predicted molar refractivity (Wildman–Crippen MR) is 129 cm³/mol. The quantitative estimate of drug-likeness (QED) is 0.443. The van der Waals surface area contributed by atoms with Crippen LogP contribution in [0.4, 0.5) is 5.69 Å². The van der Waals surface area contributed by atoms with Crippen LogP contribution in [-0.4, -0.2) is 24.3 Å². The van der Waals surface area contributed by atoms with Gasteiger partial charge in [0.1, 0.15) is 17.2 Å². The van der Waals surface area contributed by atoms with Crippen molar-refractivity contribution in [3.63, 3.8) is 0 Å². The van der Waals surface area contributed by atoms with E-state index in [1.54, 1.807) is 26.4 Å². The first-order valence-corrected chi connectivity index (χ1v) is 11.4. The van der Waals surface area contributed by atoms with E-state index in [9.17, 15) is 5.11 Å². The minimum atomic E-state index is 0.000297. The number of aromatic hydroxyl groups is 1. The molecule has 0 spiro atoms. The third kappa shape index (κ3) is 4.12. The highest BCUT2D eigenvalue weighted by atomic mass is 16.5. The molecule has 168 valence electrons. The Morgan fingerprint density at radius 3 is 2.44 bits per heavy atom. The second-order valence-corrected chi connectivity index (χ2v) is 8.20. The van der Waals surface area contributed by atoms with E-state index in [4.69, 9.17) is 14.5 Å². The molecule has 1 heterocycles. The van der Waals surface area contributed by atoms with Crippen molar-refractivity contribution in [2.75, 3.05) is 19.5 Å². The van der Waals surface area contributed by atoms with E-state index in [1.165, 1.54) is 16.7 Å². The third-order valence-electron chi connectivity index (χ3n) is 6.36. The minimum absolute atomic E-state index is 0.000297. The molecular formula is C27H32N2O3. The van der Waals surface area contributed by atoms with Crippen molar-refractivity contribution < 1.29 is 14.6 Å². The van der Waals surface area contributed by atoms with Gasteiger partial charge in [-0.15, -0.1) is 0 Å². The molecule has 0 aliphatic heterocycles. The van der Waals surface area contributed by atoms with Crippen LogP contribution in [0.3, 0.4) is 0 Å². The molecule has 0 bridgehead atoms. The largest absolute Gasteiger partial charge is 0.506 e. The molecule has 5 heteroatoms. The SMILES string of the molecule is CCc1cccc(CC)c1-c1cc(OC)c2c(n1)CCCC2Nc1cc(OC)ccc1O. The first kappa shape index (κ1) is 22.0. The van der Waals surface area contributed by atoms with Crippen LogP contribution in [0.15, 0.2) is 42.5 Å². The molecule has 0 fully saturated rings. The zero-order chi connectivity index (χ0) is 22.7. The lowest BCUT2D eigenvalue weighted by Gasteiger charge is -2.29. The van der Waals surface area contributed by atoms with Crippen molar-refractivity contribution in [1.29, 1.82) is 0 Å². The Morgan fingerprint density at radius 1 is 1.03 bits per heavy atom. The molecule has 1 aliphatic rings. The van der Waals surface area contributed by atoms with Crippen LogP contribution < -0.4 is 14.8 Å². The average molecular weight is 433 g/mol. The van der Waals surface area contributed by atoms with Crippen molar-refractivity contribution in [1.82, 2.24) is 4.98 Å². The Balaban J connectivity index is 1.79. The lowest BCUT2D eigenvalue weighted by atomic mass is 9.88. The first-order chi connectivity index (χ1) is 15.6. The Morgan fingerprint density at radius 2 is 1.78 bits per heavy atom. The smallest absolute Gasteiger partial charge is 0.138 e. The number of rotatable bonds is 7. The summed E-state index contributed by atoms with van der Waals surface area (Å²) in [7, 11) is 3.35. The highest BCUT2D eigenvalue weighted by molar-refractivity contribution is 5.71. The van der Waals surface area contributed by atoms with E-state index in [-0.39, 0.29) is 11.8 Å². The number of fused-ring (bicyclic) bond motifs is 1. The average Bonchev–Trinajstić information content (AvgIpc) is 2.84. The molecule has 0 saturated carbocycles. The molecular weight excluding hydrogens is 400 g/mol. The molecule has 1 aromatic heterocycles. The highest BCUT2D eigenvalue weighted by Crippen LogP contribution is 2.42. The summed E-state index contributed by atoms with van der Waals surface area (Å²) >= 11 is 0. The molecule has 5 nitrogen and oxygen atoms in total. The minimum Gasteiger partial charge on any atom is -0.506 e. The van der Waals surface area contributed by atoms with Gasteiger partial charge in [0.15, 0.2) is 0 Å². The number of anilines is 1. The van der Waals surface area contributed by atoms with Crippen molar-refractivity contribution >= 4 is 5.69 Å². The van der Waals surface area contributed by atoms with E-state index in [1.807, 2.05) is 6.07 Å². The summed E-state index contributed by atoms with van der Waals surface area (Å²) in [6, 6.07) is 13.8. The second kappa shape index (κ2) is 9.51. The molecule has 3 aromatic rings. The number of nitrogens with one attached hydrogen (secondary N) is 1. The standard InChI is InChI=1S/C27H32N2O3/c1-5-17-9-7-10-18(6-2)26(17)23-16-25(32-4)27-20(11-8-12-21(27)29-23)28-22-15-19(31-3)13-14-24(22)30/h7,9-10,13-16,20,28,30H,5-6,8,11-12H2,1-4H3. The molecule has 2 aromatic carbocycles. The van der Waals surface area contributed by atoms with Crippen LogP contribution in [0.25, 0.3) is 11.3 Å². The van der Waals surface area contributed by atoms with Crippen molar-refractivity contribution in [2.24, 2.45) is 0 Å². The fraction of sp³-hybridized carbons (Fsp3) is 0.370. The van der Waals surface area contributed by atoms with Crippen molar-refractivity contribution in [2.45, 2.75) is 52.0 Å². The Bertz CT molecular complexity index is 1070. The summed E-state index contributed by atoms with van der Waals surface area (Å²) in [6.45, 7) is 4.38. The number of hydrogen-bond donors (Lipinski definition) is 2. The normalized spacial score (nSPS) is 15.2. The van der Waals surface area contributed by atoms with Gasteiger partial charge in [-0.25, -0.2) is 0 Å². The summed E-state index contributed by atoms with van der Waals surface area (Å²) in [5.41, 5.74) is 7.64. The first-order valence-electron chi connectivity index (χ1n) is 11.4. The number of phenols is 1. The number of aryl methyl sites for hydroxylation is 3. The topological polar surface area (TPSA) is 63.6 Å². The van der Waals surface area contributed by atoms with Gasteiger partial charge < -0.3 is 19.9 Å². The lowest BCUT2D eigenvalue weighted by Crippen LogP contribution is -2.20. The zero-order valence-corrected chi connectivity index (χ0v) is 19.4. The number of hydrogen-bond acceptors (Lipinski definition) is 5. The second-order valence-electron chi connectivity index (χ2n) is 8.20.